The first-order chi connectivity index (χ1) is 9.83. The third-order valence-corrected chi connectivity index (χ3v) is 3.40. The van der Waals surface area contributed by atoms with E-state index < -0.39 is 0 Å². The number of aromatic nitrogens is 3. The fourth-order valence-electron chi connectivity index (χ4n) is 2.36. The molecule has 20 heavy (non-hydrogen) atoms. The highest BCUT2D eigenvalue weighted by Gasteiger charge is 2.12. The van der Waals surface area contributed by atoms with Crippen molar-refractivity contribution in [1.29, 1.82) is 0 Å². The molecular formula is C15H22N4O. The summed E-state index contributed by atoms with van der Waals surface area (Å²) in [5.74, 6) is 1.89. The van der Waals surface area contributed by atoms with Crippen molar-refractivity contribution in [1.82, 2.24) is 15.1 Å². The van der Waals surface area contributed by atoms with Crippen LogP contribution in [-0.2, 0) is 6.42 Å². The van der Waals surface area contributed by atoms with Gasteiger partial charge in [-0.25, -0.2) is 0 Å². The minimum absolute atomic E-state index is 0.562. The van der Waals surface area contributed by atoms with E-state index >= 15 is 0 Å². The monoisotopic (exact) mass is 274 g/mol. The predicted octanol–water partition coefficient (Wildman–Crippen LogP) is 2.83. The molecular weight excluding hydrogens is 252 g/mol. The number of hydrogen-bond acceptors (Lipinski definition) is 5. The maximum atomic E-state index is 5.65. The van der Waals surface area contributed by atoms with Crippen LogP contribution in [0, 0.1) is 5.92 Å². The van der Waals surface area contributed by atoms with Gasteiger partial charge in [-0.1, -0.05) is 31.0 Å². The van der Waals surface area contributed by atoms with Gasteiger partial charge in [0.2, 0.25) is 11.7 Å². The van der Waals surface area contributed by atoms with Crippen molar-refractivity contribution >= 4 is 0 Å². The average molecular weight is 274 g/mol. The zero-order valence-electron chi connectivity index (χ0n) is 12.0. The maximum absolute atomic E-state index is 5.65. The zero-order valence-corrected chi connectivity index (χ0v) is 12.0. The van der Waals surface area contributed by atoms with Crippen LogP contribution in [0.2, 0.25) is 0 Å². The molecule has 2 rings (SSSR count). The van der Waals surface area contributed by atoms with Gasteiger partial charge in [0.15, 0.2) is 0 Å². The summed E-state index contributed by atoms with van der Waals surface area (Å²) in [5.41, 5.74) is 6.39. The maximum Gasteiger partial charge on any atom is 0.227 e. The Morgan fingerprint density at radius 3 is 2.85 bits per heavy atom. The normalized spacial score (nSPS) is 12.5. The lowest BCUT2D eigenvalue weighted by Crippen LogP contribution is -2.09. The van der Waals surface area contributed by atoms with Gasteiger partial charge in [0.05, 0.1) is 0 Å². The van der Waals surface area contributed by atoms with Gasteiger partial charge in [-0.15, -0.1) is 0 Å². The Bertz CT molecular complexity index is 492. The second kappa shape index (κ2) is 7.75. The summed E-state index contributed by atoms with van der Waals surface area (Å²) in [4.78, 5) is 8.62. The Morgan fingerprint density at radius 2 is 2.15 bits per heavy atom. The average Bonchev–Trinajstić information content (AvgIpc) is 2.95. The molecule has 0 aromatic carbocycles. The molecule has 5 nitrogen and oxygen atoms in total. The lowest BCUT2D eigenvalue weighted by atomic mass is 9.94. The molecule has 0 saturated heterocycles. The van der Waals surface area contributed by atoms with Crippen LogP contribution in [0.1, 0.15) is 38.5 Å². The molecule has 0 spiro atoms. The van der Waals surface area contributed by atoms with Gasteiger partial charge in [0, 0.05) is 12.6 Å². The van der Waals surface area contributed by atoms with Crippen LogP contribution >= 0.6 is 0 Å². The van der Waals surface area contributed by atoms with E-state index in [1.54, 1.807) is 6.20 Å². The van der Waals surface area contributed by atoms with Gasteiger partial charge in [-0.2, -0.15) is 4.98 Å². The molecule has 0 radical (unpaired) electrons. The Kier molecular flexibility index (Phi) is 5.68. The second-order valence-electron chi connectivity index (χ2n) is 5.00. The van der Waals surface area contributed by atoms with E-state index in [9.17, 15) is 0 Å². The standard InChI is InChI=1S/C15H22N4O/c1-2-5-12(9-10-16)7-8-14-18-15(19-20-14)13-6-3-4-11-17-13/h3-4,6,11-12H,2,5,7-10,16H2,1H3. The minimum Gasteiger partial charge on any atom is -0.339 e. The Hall–Kier alpha value is -1.75. The number of aryl methyl sites for hydroxylation is 1. The molecule has 2 aromatic heterocycles. The van der Waals surface area contributed by atoms with Crippen LogP contribution in [0.5, 0.6) is 0 Å². The molecule has 0 aliphatic heterocycles. The van der Waals surface area contributed by atoms with Crippen LogP contribution < -0.4 is 5.73 Å². The first-order valence-corrected chi connectivity index (χ1v) is 7.27. The van der Waals surface area contributed by atoms with E-state index in [-0.39, 0.29) is 0 Å². The molecule has 1 atom stereocenters. The summed E-state index contributed by atoms with van der Waals surface area (Å²) >= 11 is 0. The van der Waals surface area contributed by atoms with Crippen LogP contribution in [0.15, 0.2) is 28.9 Å². The Labute approximate surface area is 119 Å². The van der Waals surface area contributed by atoms with E-state index in [1.165, 1.54) is 12.8 Å². The highest BCUT2D eigenvalue weighted by atomic mass is 16.5. The molecule has 0 aliphatic carbocycles. The number of nitrogens with two attached hydrogens (primary N) is 1. The van der Waals surface area contributed by atoms with Gasteiger partial charge in [-0.05, 0) is 37.4 Å². The molecule has 2 aromatic rings. The lowest BCUT2D eigenvalue weighted by Gasteiger charge is -2.13. The van der Waals surface area contributed by atoms with Crippen molar-refractivity contribution < 1.29 is 4.52 Å². The summed E-state index contributed by atoms with van der Waals surface area (Å²) in [5, 5.41) is 3.98. The first kappa shape index (κ1) is 14.7. The molecule has 0 fully saturated rings. The molecule has 0 saturated carbocycles. The SMILES string of the molecule is CCCC(CCN)CCc1nc(-c2ccccn2)no1. The summed E-state index contributed by atoms with van der Waals surface area (Å²) in [6.45, 7) is 2.95. The van der Waals surface area contributed by atoms with Gasteiger partial charge in [0.25, 0.3) is 0 Å². The van der Waals surface area contributed by atoms with Crippen molar-refractivity contribution in [3.63, 3.8) is 0 Å². The van der Waals surface area contributed by atoms with E-state index in [4.69, 9.17) is 10.3 Å². The molecule has 2 N–H and O–H groups in total. The lowest BCUT2D eigenvalue weighted by molar-refractivity contribution is 0.349. The topological polar surface area (TPSA) is 77.8 Å². The summed E-state index contributed by atoms with van der Waals surface area (Å²) in [6.07, 6.45) is 7.05. The van der Waals surface area contributed by atoms with Gasteiger partial charge in [-0.3, -0.25) is 4.98 Å². The number of hydrogen-bond donors (Lipinski definition) is 1. The molecule has 1 unspecified atom stereocenters. The smallest absolute Gasteiger partial charge is 0.227 e. The predicted molar refractivity (Wildman–Crippen MR) is 77.9 cm³/mol. The van der Waals surface area contributed by atoms with Crippen LogP contribution in [0.4, 0.5) is 0 Å². The number of pyridine rings is 1. The van der Waals surface area contributed by atoms with Crippen LogP contribution in [0.3, 0.4) is 0 Å². The summed E-state index contributed by atoms with van der Waals surface area (Å²) in [6, 6.07) is 5.66. The Balaban J connectivity index is 1.92. The fraction of sp³-hybridized carbons (Fsp3) is 0.533. The first-order valence-electron chi connectivity index (χ1n) is 7.27. The third kappa shape index (κ3) is 4.13. The van der Waals surface area contributed by atoms with Crippen molar-refractivity contribution in [3.8, 4) is 11.5 Å². The highest BCUT2D eigenvalue weighted by Crippen LogP contribution is 2.19. The minimum atomic E-state index is 0.562. The third-order valence-electron chi connectivity index (χ3n) is 3.40. The second-order valence-corrected chi connectivity index (χ2v) is 5.00. The van der Waals surface area contributed by atoms with Crippen molar-refractivity contribution in [2.24, 2.45) is 11.7 Å². The van der Waals surface area contributed by atoms with Crippen LogP contribution in [-0.4, -0.2) is 21.7 Å². The Morgan fingerprint density at radius 1 is 1.25 bits per heavy atom. The largest absolute Gasteiger partial charge is 0.339 e. The van der Waals surface area contributed by atoms with Gasteiger partial charge >= 0.3 is 0 Å². The number of rotatable bonds is 8. The summed E-state index contributed by atoms with van der Waals surface area (Å²) < 4.78 is 5.29. The fourth-order valence-corrected chi connectivity index (χ4v) is 2.36. The number of nitrogens with zero attached hydrogens (tertiary/aromatic N) is 3. The molecule has 5 heteroatoms. The van der Waals surface area contributed by atoms with E-state index in [0.717, 1.165) is 31.5 Å². The molecule has 108 valence electrons. The van der Waals surface area contributed by atoms with E-state index in [0.29, 0.717) is 17.6 Å². The van der Waals surface area contributed by atoms with Crippen molar-refractivity contribution in [3.05, 3.63) is 30.3 Å². The zero-order chi connectivity index (χ0) is 14.2. The van der Waals surface area contributed by atoms with Crippen molar-refractivity contribution in [2.75, 3.05) is 6.54 Å². The summed E-state index contributed by atoms with van der Waals surface area (Å²) in [7, 11) is 0. The van der Waals surface area contributed by atoms with Crippen LogP contribution in [0.25, 0.3) is 11.5 Å². The molecule has 0 amide bonds. The van der Waals surface area contributed by atoms with E-state index in [1.807, 2.05) is 18.2 Å². The van der Waals surface area contributed by atoms with E-state index in [2.05, 4.69) is 22.0 Å². The molecule has 0 aliphatic rings. The van der Waals surface area contributed by atoms with Gasteiger partial charge < -0.3 is 10.3 Å². The quantitative estimate of drug-likeness (QED) is 0.800. The van der Waals surface area contributed by atoms with Crippen molar-refractivity contribution in [2.45, 2.75) is 39.0 Å². The van der Waals surface area contributed by atoms with Gasteiger partial charge in [0.1, 0.15) is 5.69 Å². The molecule has 0 bridgehead atoms. The highest BCUT2D eigenvalue weighted by molar-refractivity contribution is 5.46. The molecule has 2 heterocycles.